The van der Waals surface area contributed by atoms with E-state index in [1.54, 1.807) is 11.9 Å². The summed E-state index contributed by atoms with van der Waals surface area (Å²) in [5.74, 6) is 2.75. The average Bonchev–Trinajstić information content (AvgIpc) is 3.17. The van der Waals surface area contributed by atoms with E-state index in [1.165, 1.54) is 87.7 Å². The van der Waals surface area contributed by atoms with Gasteiger partial charge in [-0.25, -0.2) is 9.97 Å². The van der Waals surface area contributed by atoms with Gasteiger partial charge in [0.15, 0.2) is 0 Å². The quantitative estimate of drug-likeness (QED) is 0.187. The number of nitrogens with zero attached hydrogens (tertiary/aromatic N) is 3. The van der Waals surface area contributed by atoms with Crippen molar-refractivity contribution in [1.82, 2.24) is 14.4 Å². The molecule has 0 amide bonds. The fraction of sp³-hybridized carbons (Fsp3) is 0.375. The summed E-state index contributed by atoms with van der Waals surface area (Å²) in [7, 11) is 0. The number of rotatable bonds is 1. The van der Waals surface area contributed by atoms with Crippen LogP contribution in [0.25, 0.3) is 49.1 Å². The molecule has 3 heterocycles. The van der Waals surface area contributed by atoms with E-state index < -0.39 is 0 Å². The third kappa shape index (κ3) is 2.24. The fourth-order valence-corrected chi connectivity index (χ4v) is 9.43. The van der Waals surface area contributed by atoms with Gasteiger partial charge < -0.3 is 4.40 Å². The van der Waals surface area contributed by atoms with E-state index in [-0.39, 0.29) is 0 Å². The summed E-state index contributed by atoms with van der Waals surface area (Å²) >= 11 is 0. The molecule has 4 fully saturated rings. The molecule has 3 heteroatoms. The topological polar surface area (TPSA) is 30.2 Å². The molecule has 4 aliphatic carbocycles. The highest BCUT2D eigenvalue weighted by atomic mass is 14.9. The number of fused-ring (bicyclic) bond motifs is 6. The molecule has 3 aromatic heterocycles. The van der Waals surface area contributed by atoms with Crippen LogP contribution in [0.3, 0.4) is 0 Å². The lowest BCUT2D eigenvalue weighted by Gasteiger charge is -2.57. The minimum Gasteiger partial charge on any atom is -0.308 e. The lowest BCUT2D eigenvalue weighted by atomic mass is 9.47. The Labute approximate surface area is 204 Å². The molecule has 6 aromatic rings. The summed E-state index contributed by atoms with van der Waals surface area (Å²) in [4.78, 5) is 9.83. The highest BCUT2D eigenvalue weighted by Gasteiger charge is 2.52. The van der Waals surface area contributed by atoms with Crippen LogP contribution >= 0.6 is 0 Å². The number of hydrogen-bond acceptors (Lipinski definition) is 2. The maximum atomic E-state index is 4.92. The first-order valence-electron chi connectivity index (χ1n) is 13.4. The number of aryl methyl sites for hydroxylation is 2. The van der Waals surface area contributed by atoms with Crippen LogP contribution in [0.4, 0.5) is 0 Å². The van der Waals surface area contributed by atoms with Crippen molar-refractivity contribution in [1.29, 1.82) is 0 Å². The van der Waals surface area contributed by atoms with Crippen molar-refractivity contribution in [3.05, 3.63) is 65.5 Å². The van der Waals surface area contributed by atoms with Gasteiger partial charge >= 0.3 is 0 Å². The van der Waals surface area contributed by atoms with Crippen molar-refractivity contribution >= 4 is 49.1 Å². The molecule has 0 radical (unpaired) electrons. The number of aromatic nitrogens is 3. The molecule has 0 spiro atoms. The molecule has 0 atom stereocenters. The largest absolute Gasteiger partial charge is 0.308 e. The molecule has 172 valence electrons. The zero-order valence-electron chi connectivity index (χ0n) is 20.4. The second-order valence-electron chi connectivity index (χ2n) is 12.3. The minimum atomic E-state index is 0.311. The number of pyridine rings is 1. The molecule has 35 heavy (non-hydrogen) atoms. The third-order valence-corrected chi connectivity index (χ3v) is 10.1. The van der Waals surface area contributed by atoms with Crippen molar-refractivity contribution in [3.63, 3.8) is 0 Å². The van der Waals surface area contributed by atoms with E-state index in [0.29, 0.717) is 5.41 Å². The van der Waals surface area contributed by atoms with Crippen molar-refractivity contribution in [2.24, 2.45) is 17.8 Å². The first kappa shape index (κ1) is 19.0. The molecule has 4 saturated carbocycles. The lowest BCUT2D eigenvalue weighted by molar-refractivity contribution is -0.00442. The summed E-state index contributed by atoms with van der Waals surface area (Å²) in [6, 6.07) is 16.3. The van der Waals surface area contributed by atoms with E-state index in [0.717, 1.165) is 28.8 Å². The van der Waals surface area contributed by atoms with Crippen LogP contribution in [0, 0.1) is 31.6 Å². The smallest absolute Gasteiger partial charge is 0.116 e. The molecule has 0 unspecified atom stereocenters. The van der Waals surface area contributed by atoms with Crippen LogP contribution < -0.4 is 0 Å². The van der Waals surface area contributed by atoms with Gasteiger partial charge in [0, 0.05) is 16.2 Å². The van der Waals surface area contributed by atoms with Crippen molar-refractivity contribution in [2.75, 3.05) is 0 Å². The molecule has 10 rings (SSSR count). The summed E-state index contributed by atoms with van der Waals surface area (Å²) in [5, 5.41) is 5.37. The van der Waals surface area contributed by atoms with Crippen LogP contribution in [0.15, 0.2) is 48.8 Å². The van der Waals surface area contributed by atoms with E-state index in [1.807, 2.05) is 0 Å². The third-order valence-electron chi connectivity index (χ3n) is 10.1. The lowest BCUT2D eigenvalue weighted by Crippen LogP contribution is -2.48. The van der Waals surface area contributed by atoms with E-state index in [9.17, 15) is 0 Å². The molecule has 3 aromatic carbocycles. The number of para-hydroxylation sites is 1. The summed E-state index contributed by atoms with van der Waals surface area (Å²) < 4.78 is 2.57. The predicted molar refractivity (Wildman–Crippen MR) is 144 cm³/mol. The molecule has 0 saturated heterocycles. The van der Waals surface area contributed by atoms with Crippen molar-refractivity contribution in [2.45, 2.75) is 57.8 Å². The maximum Gasteiger partial charge on any atom is 0.116 e. The maximum absolute atomic E-state index is 4.92. The van der Waals surface area contributed by atoms with Gasteiger partial charge in [-0.05, 0) is 105 Å². The van der Waals surface area contributed by atoms with Gasteiger partial charge in [-0.3, -0.25) is 0 Å². The van der Waals surface area contributed by atoms with Gasteiger partial charge in [-0.2, -0.15) is 0 Å². The average molecular weight is 456 g/mol. The monoisotopic (exact) mass is 455 g/mol. The highest BCUT2D eigenvalue weighted by Crippen LogP contribution is 2.62. The normalized spacial score (nSPS) is 28.0. The first-order valence-corrected chi connectivity index (χ1v) is 13.4. The Hall–Kier alpha value is -3.20. The predicted octanol–water partition coefficient (Wildman–Crippen LogP) is 7.86. The summed E-state index contributed by atoms with van der Waals surface area (Å²) in [5.41, 5.74) is 10.7. The Morgan fingerprint density at radius 1 is 0.800 bits per heavy atom. The van der Waals surface area contributed by atoms with Gasteiger partial charge in [0.25, 0.3) is 0 Å². The Morgan fingerprint density at radius 3 is 2.31 bits per heavy atom. The molecule has 3 nitrogen and oxygen atoms in total. The standard InChI is InChI=1S/C32H29N3/c1-17-7-18(2)30-23(8-17)29-28-25(33-16-34-29)12-24(27-22-5-3-4-6-26(22)35(30)31(27)28)32-13-19-9-20(14-32)11-21(10-19)15-32/h3-8,12,16,19-21H,9-11,13-15H2,1-2H3. The van der Waals surface area contributed by atoms with Crippen LogP contribution in [-0.4, -0.2) is 14.4 Å². The van der Waals surface area contributed by atoms with Gasteiger partial charge in [0.2, 0.25) is 0 Å². The van der Waals surface area contributed by atoms with Gasteiger partial charge in [-0.1, -0.05) is 29.8 Å². The molecule has 0 aliphatic heterocycles. The Kier molecular flexibility index (Phi) is 3.34. The first-order chi connectivity index (χ1) is 17.1. The number of hydrogen-bond donors (Lipinski definition) is 0. The van der Waals surface area contributed by atoms with E-state index in [2.05, 4.69) is 60.7 Å². The second-order valence-corrected chi connectivity index (χ2v) is 12.3. The van der Waals surface area contributed by atoms with Crippen LogP contribution in [0.5, 0.6) is 0 Å². The van der Waals surface area contributed by atoms with Crippen LogP contribution in [-0.2, 0) is 5.41 Å². The number of benzene rings is 3. The molecule has 4 aliphatic rings. The van der Waals surface area contributed by atoms with Crippen molar-refractivity contribution < 1.29 is 0 Å². The van der Waals surface area contributed by atoms with Gasteiger partial charge in [-0.15, -0.1) is 0 Å². The summed E-state index contributed by atoms with van der Waals surface area (Å²) in [6.45, 7) is 4.46. The van der Waals surface area contributed by atoms with Gasteiger partial charge in [0.1, 0.15) is 6.33 Å². The Balaban J connectivity index is 1.55. The van der Waals surface area contributed by atoms with E-state index >= 15 is 0 Å². The van der Waals surface area contributed by atoms with Crippen molar-refractivity contribution in [3.8, 4) is 0 Å². The molecular formula is C32H29N3. The Morgan fingerprint density at radius 2 is 1.54 bits per heavy atom. The zero-order chi connectivity index (χ0) is 23.1. The molecule has 4 bridgehead atoms. The second kappa shape index (κ2) is 6.13. The molecular weight excluding hydrogens is 426 g/mol. The Bertz CT molecular complexity index is 1820. The van der Waals surface area contributed by atoms with Crippen LogP contribution in [0.2, 0.25) is 0 Å². The van der Waals surface area contributed by atoms with Gasteiger partial charge in [0.05, 0.1) is 33.0 Å². The van der Waals surface area contributed by atoms with E-state index in [4.69, 9.17) is 9.97 Å². The summed E-state index contributed by atoms with van der Waals surface area (Å²) in [6.07, 6.45) is 10.3. The van der Waals surface area contributed by atoms with Crippen LogP contribution in [0.1, 0.15) is 55.2 Å². The molecule has 0 N–H and O–H groups in total. The fourth-order valence-electron chi connectivity index (χ4n) is 9.43. The minimum absolute atomic E-state index is 0.311. The highest BCUT2D eigenvalue weighted by molar-refractivity contribution is 6.28. The SMILES string of the molecule is Cc1cc(C)c2c(c1)c1ncnc3cc(C45CC6CC(CC(C6)C4)C5)c4c5ccccc5n2c4c31. The zero-order valence-corrected chi connectivity index (χ0v) is 20.4.